The Labute approximate surface area is 189 Å². The number of aromatic amines is 1. The second-order valence-electron chi connectivity index (χ2n) is 7.50. The highest BCUT2D eigenvalue weighted by Crippen LogP contribution is 2.24. The number of nitrogens with zero attached hydrogens (tertiary/aromatic N) is 1. The summed E-state index contributed by atoms with van der Waals surface area (Å²) < 4.78 is 5.36. The number of benzene rings is 3. The van der Waals surface area contributed by atoms with E-state index in [2.05, 4.69) is 20.6 Å². The van der Waals surface area contributed by atoms with Gasteiger partial charge in [0.25, 0.3) is 5.91 Å². The van der Waals surface area contributed by atoms with Crippen LogP contribution in [0.4, 0.5) is 17.3 Å². The number of aromatic nitrogens is 2. The molecule has 0 saturated carbocycles. The quantitative estimate of drug-likeness (QED) is 0.278. The van der Waals surface area contributed by atoms with Crippen molar-refractivity contribution >= 4 is 40.2 Å². The van der Waals surface area contributed by atoms with Gasteiger partial charge in [-0.3, -0.25) is 4.79 Å². The summed E-state index contributed by atoms with van der Waals surface area (Å²) in [6.07, 6.45) is 0. The van der Waals surface area contributed by atoms with Crippen molar-refractivity contribution in [3.8, 4) is 5.75 Å². The first-order valence-corrected chi connectivity index (χ1v) is 10.2. The van der Waals surface area contributed by atoms with E-state index in [9.17, 15) is 9.59 Å². The largest absolute Gasteiger partial charge is 0.482 e. The molecule has 0 fully saturated rings. The number of anilines is 3. The molecule has 168 valence electrons. The van der Waals surface area contributed by atoms with E-state index in [0.29, 0.717) is 40.7 Å². The van der Waals surface area contributed by atoms with E-state index in [1.54, 1.807) is 36.4 Å². The zero-order valence-electron chi connectivity index (χ0n) is 17.9. The number of hydrogen-bond donors (Lipinski definition) is 5. The Bertz CT molecular complexity index is 1330. The van der Waals surface area contributed by atoms with Crippen LogP contribution in [0.15, 0.2) is 60.7 Å². The van der Waals surface area contributed by atoms with Crippen molar-refractivity contribution in [3.05, 3.63) is 77.4 Å². The molecular weight excluding hydrogens is 422 g/mol. The molecule has 0 aliphatic heterocycles. The Morgan fingerprint density at radius 1 is 1.12 bits per heavy atom. The molecule has 3 aromatic carbocycles. The van der Waals surface area contributed by atoms with Crippen molar-refractivity contribution in [3.63, 3.8) is 0 Å². The van der Waals surface area contributed by atoms with Crippen LogP contribution in [0.3, 0.4) is 0 Å². The Morgan fingerprint density at radius 2 is 1.94 bits per heavy atom. The fourth-order valence-corrected chi connectivity index (χ4v) is 3.43. The second-order valence-corrected chi connectivity index (χ2v) is 7.50. The average molecular weight is 445 g/mol. The molecule has 0 bridgehead atoms. The number of imidazole rings is 1. The van der Waals surface area contributed by atoms with E-state index >= 15 is 0 Å². The van der Waals surface area contributed by atoms with Crippen LogP contribution in [-0.4, -0.2) is 33.6 Å². The smallest absolute Gasteiger partial charge is 0.341 e. The van der Waals surface area contributed by atoms with E-state index in [0.717, 1.165) is 16.6 Å². The summed E-state index contributed by atoms with van der Waals surface area (Å²) in [4.78, 5) is 31.0. The molecule has 1 amide bonds. The van der Waals surface area contributed by atoms with Crippen molar-refractivity contribution < 1.29 is 19.4 Å². The fourth-order valence-electron chi connectivity index (χ4n) is 3.43. The lowest BCUT2D eigenvalue weighted by Crippen LogP contribution is -2.15. The number of hydrogen-bond acceptors (Lipinski definition) is 6. The average Bonchev–Trinajstić information content (AvgIpc) is 3.16. The number of para-hydroxylation sites is 1. The Hall–Kier alpha value is -4.53. The lowest BCUT2D eigenvalue weighted by Gasteiger charge is -2.15. The van der Waals surface area contributed by atoms with E-state index in [1.165, 1.54) is 0 Å². The number of amides is 1. The van der Waals surface area contributed by atoms with Gasteiger partial charge in [-0.05, 0) is 43.3 Å². The molecule has 0 aliphatic rings. The number of carbonyl (C=O) groups excluding carboxylic acids is 1. The molecule has 9 nitrogen and oxygen atoms in total. The number of rotatable bonds is 8. The van der Waals surface area contributed by atoms with Gasteiger partial charge in [0.1, 0.15) is 5.75 Å². The minimum Gasteiger partial charge on any atom is -0.482 e. The van der Waals surface area contributed by atoms with Crippen LogP contribution in [0.1, 0.15) is 21.5 Å². The molecule has 0 atom stereocenters. The van der Waals surface area contributed by atoms with Gasteiger partial charge >= 0.3 is 5.97 Å². The molecule has 0 saturated heterocycles. The number of nitrogens with one attached hydrogen (secondary N) is 3. The number of H-pyrrole nitrogens is 1. The van der Waals surface area contributed by atoms with E-state index < -0.39 is 12.6 Å². The summed E-state index contributed by atoms with van der Waals surface area (Å²) in [5.41, 5.74) is 10.6. The van der Waals surface area contributed by atoms with Crippen molar-refractivity contribution in [2.75, 3.05) is 23.0 Å². The Balaban J connectivity index is 1.52. The molecule has 0 aliphatic carbocycles. The SMILES string of the molecule is Cc1ccc(NCc2ccccc2OCC(=O)O)c(C(=O)Nc2ccc3nc(N)[nH]c3c2)c1. The van der Waals surface area contributed by atoms with Crippen molar-refractivity contribution in [2.45, 2.75) is 13.5 Å². The van der Waals surface area contributed by atoms with Gasteiger partial charge in [-0.15, -0.1) is 0 Å². The normalized spacial score (nSPS) is 10.7. The molecule has 0 spiro atoms. The Morgan fingerprint density at radius 3 is 2.76 bits per heavy atom. The third kappa shape index (κ3) is 5.21. The zero-order chi connectivity index (χ0) is 23.4. The molecule has 1 heterocycles. The summed E-state index contributed by atoms with van der Waals surface area (Å²) >= 11 is 0. The van der Waals surface area contributed by atoms with Crippen molar-refractivity contribution in [1.82, 2.24) is 9.97 Å². The van der Waals surface area contributed by atoms with Gasteiger partial charge in [-0.2, -0.15) is 0 Å². The standard InChI is InChI=1S/C24H23N5O4/c1-14-6-8-18(26-12-15-4-2-3-5-21(15)33-13-22(30)31)17(10-14)23(32)27-16-7-9-19-20(11-16)29-24(25)28-19/h2-11,26H,12-13H2,1H3,(H,27,32)(H,30,31)(H3,25,28,29). The topological polar surface area (TPSA) is 142 Å². The highest BCUT2D eigenvalue weighted by molar-refractivity contribution is 6.08. The predicted octanol–water partition coefficient (Wildman–Crippen LogP) is 3.78. The number of nitrogen functional groups attached to an aromatic ring is 1. The maximum absolute atomic E-state index is 13.1. The minimum absolute atomic E-state index is 0.275. The summed E-state index contributed by atoms with van der Waals surface area (Å²) in [5, 5.41) is 15.1. The predicted molar refractivity (Wildman–Crippen MR) is 127 cm³/mol. The molecule has 4 aromatic rings. The number of ether oxygens (including phenoxy) is 1. The molecule has 9 heteroatoms. The van der Waals surface area contributed by atoms with Crippen LogP contribution in [0.2, 0.25) is 0 Å². The summed E-state index contributed by atoms with van der Waals surface area (Å²) in [5.74, 6) is -0.543. The number of carbonyl (C=O) groups is 2. The third-order valence-electron chi connectivity index (χ3n) is 4.97. The first-order valence-electron chi connectivity index (χ1n) is 10.2. The molecule has 6 N–H and O–H groups in total. The second kappa shape index (κ2) is 9.31. The van der Waals surface area contributed by atoms with Crippen LogP contribution in [0.25, 0.3) is 11.0 Å². The third-order valence-corrected chi connectivity index (χ3v) is 4.97. The first-order chi connectivity index (χ1) is 15.9. The van der Waals surface area contributed by atoms with E-state index in [4.69, 9.17) is 15.6 Å². The van der Waals surface area contributed by atoms with Crippen LogP contribution in [0.5, 0.6) is 5.75 Å². The van der Waals surface area contributed by atoms with Gasteiger partial charge < -0.3 is 31.2 Å². The summed E-state index contributed by atoms with van der Waals surface area (Å²) in [6, 6.07) is 18.0. The van der Waals surface area contributed by atoms with Crippen LogP contribution < -0.4 is 21.1 Å². The number of carboxylic acid groups (broad SMARTS) is 1. The van der Waals surface area contributed by atoms with Crippen LogP contribution >= 0.6 is 0 Å². The number of aryl methyl sites for hydroxylation is 1. The molecule has 0 radical (unpaired) electrons. The molecule has 1 aromatic heterocycles. The highest BCUT2D eigenvalue weighted by Gasteiger charge is 2.14. The lowest BCUT2D eigenvalue weighted by molar-refractivity contribution is -0.139. The summed E-state index contributed by atoms with van der Waals surface area (Å²) in [6.45, 7) is 1.83. The first kappa shape index (κ1) is 21.7. The summed E-state index contributed by atoms with van der Waals surface area (Å²) in [7, 11) is 0. The van der Waals surface area contributed by atoms with Crippen molar-refractivity contribution in [2.24, 2.45) is 0 Å². The molecule has 33 heavy (non-hydrogen) atoms. The zero-order valence-corrected chi connectivity index (χ0v) is 17.9. The maximum atomic E-state index is 13.1. The van der Waals surface area contributed by atoms with Crippen LogP contribution in [0, 0.1) is 6.92 Å². The van der Waals surface area contributed by atoms with E-state index in [-0.39, 0.29) is 5.91 Å². The molecule has 0 unspecified atom stereocenters. The lowest BCUT2D eigenvalue weighted by atomic mass is 10.1. The number of aliphatic carboxylic acids is 1. The Kier molecular flexibility index (Phi) is 6.12. The fraction of sp³-hybridized carbons (Fsp3) is 0.125. The van der Waals surface area contributed by atoms with Gasteiger partial charge in [0.05, 0.1) is 16.6 Å². The van der Waals surface area contributed by atoms with Gasteiger partial charge in [-0.25, -0.2) is 9.78 Å². The number of fused-ring (bicyclic) bond motifs is 1. The maximum Gasteiger partial charge on any atom is 0.341 e. The van der Waals surface area contributed by atoms with Gasteiger partial charge in [0.2, 0.25) is 0 Å². The molecule has 4 rings (SSSR count). The van der Waals surface area contributed by atoms with Gasteiger partial charge in [0.15, 0.2) is 12.6 Å². The number of nitrogens with two attached hydrogens (primary N) is 1. The van der Waals surface area contributed by atoms with Crippen molar-refractivity contribution in [1.29, 1.82) is 0 Å². The minimum atomic E-state index is -1.05. The monoisotopic (exact) mass is 445 g/mol. The molecular formula is C24H23N5O4. The van der Waals surface area contributed by atoms with E-state index in [1.807, 2.05) is 31.2 Å². The van der Waals surface area contributed by atoms with Crippen LogP contribution in [-0.2, 0) is 11.3 Å². The number of carboxylic acids is 1. The van der Waals surface area contributed by atoms with Gasteiger partial charge in [0, 0.05) is 23.5 Å². The van der Waals surface area contributed by atoms with Gasteiger partial charge in [-0.1, -0.05) is 29.8 Å². The highest BCUT2D eigenvalue weighted by atomic mass is 16.5.